The van der Waals surface area contributed by atoms with Gasteiger partial charge in [-0.15, -0.1) is 0 Å². The van der Waals surface area contributed by atoms with Crippen molar-refractivity contribution >= 4 is 16.5 Å². The van der Waals surface area contributed by atoms with Gasteiger partial charge in [-0.1, -0.05) is 49.4 Å². The Kier molecular flexibility index (Phi) is 5.59. The van der Waals surface area contributed by atoms with E-state index in [9.17, 15) is 4.39 Å². The first-order valence-electron chi connectivity index (χ1n) is 11.4. The average molecular weight is 414 g/mol. The average Bonchev–Trinajstić information content (AvgIpc) is 3.63. The van der Waals surface area contributed by atoms with E-state index in [-0.39, 0.29) is 5.82 Å². The second-order valence-corrected chi connectivity index (χ2v) is 8.59. The Morgan fingerprint density at radius 2 is 1.87 bits per heavy atom. The molecule has 1 unspecified atom stereocenters. The summed E-state index contributed by atoms with van der Waals surface area (Å²) in [5.41, 5.74) is 3.80. The molecule has 158 valence electrons. The molecule has 0 bridgehead atoms. The van der Waals surface area contributed by atoms with Crippen LogP contribution in [0.2, 0.25) is 0 Å². The van der Waals surface area contributed by atoms with Crippen LogP contribution < -0.4 is 4.74 Å². The molecule has 3 aromatic rings. The number of fused-ring (bicyclic) bond motifs is 1. The van der Waals surface area contributed by atoms with Crippen molar-refractivity contribution < 1.29 is 9.13 Å². The molecular formula is C28H28FNO. The van der Waals surface area contributed by atoms with Gasteiger partial charge >= 0.3 is 0 Å². The van der Waals surface area contributed by atoms with Crippen molar-refractivity contribution in [1.82, 2.24) is 0 Å². The maximum Gasteiger partial charge on any atom is 0.131 e. The van der Waals surface area contributed by atoms with E-state index in [1.807, 2.05) is 18.2 Å². The Morgan fingerprint density at radius 1 is 1.00 bits per heavy atom. The van der Waals surface area contributed by atoms with E-state index >= 15 is 0 Å². The minimum Gasteiger partial charge on any atom is -0.493 e. The van der Waals surface area contributed by atoms with Crippen molar-refractivity contribution in [3.05, 3.63) is 78.1 Å². The number of rotatable bonds is 7. The highest BCUT2D eigenvalue weighted by Gasteiger charge is 2.23. The highest BCUT2D eigenvalue weighted by atomic mass is 19.1. The molecule has 1 aliphatic carbocycles. The predicted molar refractivity (Wildman–Crippen MR) is 127 cm³/mol. The highest BCUT2D eigenvalue weighted by Crippen LogP contribution is 2.35. The van der Waals surface area contributed by atoms with Crippen LogP contribution in [0.5, 0.6) is 5.75 Å². The van der Waals surface area contributed by atoms with E-state index in [1.54, 1.807) is 6.07 Å². The Bertz CT molecular complexity index is 1160. The highest BCUT2D eigenvalue weighted by molar-refractivity contribution is 6.08. The Morgan fingerprint density at radius 3 is 2.68 bits per heavy atom. The van der Waals surface area contributed by atoms with E-state index in [0.29, 0.717) is 24.0 Å². The lowest BCUT2D eigenvalue weighted by Crippen LogP contribution is -2.21. The first-order valence-corrected chi connectivity index (χ1v) is 11.4. The van der Waals surface area contributed by atoms with E-state index < -0.39 is 0 Å². The van der Waals surface area contributed by atoms with Gasteiger partial charge in [0.05, 0.1) is 6.61 Å². The van der Waals surface area contributed by atoms with Crippen molar-refractivity contribution in [1.29, 1.82) is 0 Å². The summed E-state index contributed by atoms with van der Waals surface area (Å²) in [4.78, 5) is 4.93. The lowest BCUT2D eigenvalue weighted by Gasteiger charge is -2.24. The monoisotopic (exact) mass is 413 g/mol. The maximum absolute atomic E-state index is 14.4. The number of allylic oxidation sites excluding steroid dienone is 2. The van der Waals surface area contributed by atoms with Crippen LogP contribution >= 0.6 is 0 Å². The van der Waals surface area contributed by atoms with E-state index in [2.05, 4.69) is 43.3 Å². The molecule has 0 amide bonds. The molecule has 0 radical (unpaired) electrons. The summed E-state index contributed by atoms with van der Waals surface area (Å²) in [6.45, 7) is 3.82. The fourth-order valence-corrected chi connectivity index (χ4v) is 4.54. The molecule has 0 aromatic heterocycles. The molecule has 3 heteroatoms. The van der Waals surface area contributed by atoms with Gasteiger partial charge in [0.15, 0.2) is 0 Å². The maximum atomic E-state index is 14.4. The number of halogens is 1. The first-order chi connectivity index (χ1) is 15.2. The van der Waals surface area contributed by atoms with Gasteiger partial charge in [-0.2, -0.15) is 0 Å². The van der Waals surface area contributed by atoms with Crippen molar-refractivity contribution in [2.24, 2.45) is 16.8 Å². The number of ether oxygens (including phenoxy) is 1. The smallest absolute Gasteiger partial charge is 0.131 e. The number of aliphatic imine (C=N–C) groups is 1. The Balaban J connectivity index is 1.57. The number of hydrogen-bond donors (Lipinski definition) is 0. The van der Waals surface area contributed by atoms with Crippen LogP contribution in [0.25, 0.3) is 21.9 Å². The molecule has 0 saturated carbocycles. The fraction of sp³-hybridized carbons (Fsp3) is 0.321. The van der Waals surface area contributed by atoms with Crippen molar-refractivity contribution in [3.63, 3.8) is 0 Å². The molecule has 3 aromatic carbocycles. The second-order valence-electron chi connectivity index (χ2n) is 8.59. The zero-order valence-electron chi connectivity index (χ0n) is 18.0. The third kappa shape index (κ3) is 4.27. The fourth-order valence-electron chi connectivity index (χ4n) is 4.54. The van der Waals surface area contributed by atoms with E-state index in [0.717, 1.165) is 53.5 Å². The van der Waals surface area contributed by atoms with Crippen LogP contribution in [-0.2, 0) is 0 Å². The summed E-state index contributed by atoms with van der Waals surface area (Å²) in [5.74, 6) is 1.79. The minimum absolute atomic E-state index is 0.196. The van der Waals surface area contributed by atoms with Gasteiger partial charge in [0, 0.05) is 29.3 Å². The summed E-state index contributed by atoms with van der Waals surface area (Å²) in [6, 6.07) is 17.4. The minimum atomic E-state index is -0.196. The topological polar surface area (TPSA) is 21.6 Å². The molecular weight excluding hydrogens is 385 g/mol. The van der Waals surface area contributed by atoms with E-state index in [4.69, 9.17) is 9.73 Å². The molecule has 0 N–H and O–H groups in total. The van der Waals surface area contributed by atoms with Crippen LogP contribution in [0.15, 0.2) is 71.7 Å². The summed E-state index contributed by atoms with van der Waals surface area (Å²) < 4.78 is 20.7. The van der Waals surface area contributed by atoms with Gasteiger partial charge in [0.25, 0.3) is 0 Å². The SMILES string of the molecule is CCC1CCCN=C1c1cc2cc(-c3ccccc3F)ccc2cc1OCCC1C=C1. The first kappa shape index (κ1) is 20.0. The van der Waals surface area contributed by atoms with Crippen LogP contribution in [0.1, 0.15) is 38.2 Å². The van der Waals surface area contributed by atoms with Crippen LogP contribution in [0, 0.1) is 17.7 Å². The van der Waals surface area contributed by atoms with Gasteiger partial charge < -0.3 is 4.74 Å². The quantitative estimate of drug-likeness (QED) is 0.375. The van der Waals surface area contributed by atoms with Gasteiger partial charge in [0.2, 0.25) is 0 Å². The zero-order valence-corrected chi connectivity index (χ0v) is 18.0. The lowest BCUT2D eigenvalue weighted by atomic mass is 9.86. The van der Waals surface area contributed by atoms with Crippen molar-refractivity contribution in [2.45, 2.75) is 32.6 Å². The number of nitrogens with zero attached hydrogens (tertiary/aromatic N) is 1. The molecule has 5 rings (SSSR count). The van der Waals surface area contributed by atoms with Gasteiger partial charge in [-0.05, 0) is 72.2 Å². The van der Waals surface area contributed by atoms with Crippen LogP contribution in [0.3, 0.4) is 0 Å². The molecule has 31 heavy (non-hydrogen) atoms. The lowest BCUT2D eigenvalue weighted by molar-refractivity contribution is 0.305. The third-order valence-electron chi connectivity index (χ3n) is 6.45. The van der Waals surface area contributed by atoms with Crippen LogP contribution in [-0.4, -0.2) is 18.9 Å². The Labute approximate surface area is 183 Å². The summed E-state index contributed by atoms with van der Waals surface area (Å²) in [6.07, 6.45) is 8.86. The number of benzene rings is 3. The van der Waals surface area contributed by atoms with Crippen molar-refractivity contribution in [3.8, 4) is 16.9 Å². The zero-order chi connectivity index (χ0) is 21.2. The standard InChI is InChI=1S/C28H28FNO/c1-2-20-6-5-14-30-28(20)25-17-23-16-22(24-7-3-4-8-26(24)29)12-11-21(23)18-27(25)31-15-13-19-9-10-19/h3-4,7-12,16-20H,2,5-6,13-15H2,1H3. The third-order valence-corrected chi connectivity index (χ3v) is 6.45. The molecule has 0 spiro atoms. The molecule has 1 aliphatic heterocycles. The normalized spacial score (nSPS) is 18.3. The molecule has 0 fully saturated rings. The summed E-state index contributed by atoms with van der Waals surface area (Å²) in [5, 5.41) is 2.20. The molecule has 2 nitrogen and oxygen atoms in total. The molecule has 1 heterocycles. The second kappa shape index (κ2) is 8.66. The molecule has 0 saturated heterocycles. The van der Waals surface area contributed by atoms with Gasteiger partial charge in [0.1, 0.15) is 11.6 Å². The summed E-state index contributed by atoms with van der Waals surface area (Å²) >= 11 is 0. The van der Waals surface area contributed by atoms with Crippen LogP contribution in [0.4, 0.5) is 4.39 Å². The van der Waals surface area contributed by atoms with Crippen molar-refractivity contribution in [2.75, 3.05) is 13.2 Å². The Hall–Kier alpha value is -2.94. The van der Waals surface area contributed by atoms with E-state index in [1.165, 1.54) is 18.2 Å². The van der Waals surface area contributed by atoms with Gasteiger partial charge in [-0.3, -0.25) is 4.99 Å². The number of hydrogen-bond acceptors (Lipinski definition) is 2. The summed E-state index contributed by atoms with van der Waals surface area (Å²) in [7, 11) is 0. The van der Waals surface area contributed by atoms with Gasteiger partial charge in [-0.25, -0.2) is 4.39 Å². The largest absolute Gasteiger partial charge is 0.493 e. The molecule has 2 aliphatic rings. The molecule has 1 atom stereocenters. The predicted octanol–water partition coefficient (Wildman–Crippen LogP) is 7.21.